The van der Waals surface area contributed by atoms with Crippen molar-refractivity contribution in [1.29, 1.82) is 0 Å². The summed E-state index contributed by atoms with van der Waals surface area (Å²) in [6.45, 7) is 4.18. The van der Waals surface area contributed by atoms with E-state index in [9.17, 15) is 0 Å². The number of hydrogen-bond donors (Lipinski definition) is 0. The largest absolute Gasteiger partial charge is 0.255 e. The third-order valence-electron chi connectivity index (χ3n) is 2.23. The Morgan fingerprint density at radius 2 is 2.00 bits per heavy atom. The highest BCUT2D eigenvalue weighted by Crippen LogP contribution is 2.23. The molecule has 1 aromatic heterocycles. The third-order valence-corrected chi connectivity index (χ3v) is 3.03. The molecule has 13 heavy (non-hydrogen) atoms. The smallest absolute Gasteiger partial charge is 0.0708 e. The van der Waals surface area contributed by atoms with E-state index in [1.807, 2.05) is 6.20 Å². The van der Waals surface area contributed by atoms with E-state index in [0.717, 1.165) is 9.99 Å². The Morgan fingerprint density at radius 3 is 2.77 bits per heavy atom. The summed E-state index contributed by atoms with van der Waals surface area (Å²) in [7, 11) is 0. The average Bonchev–Trinajstić information content (AvgIpc) is 2.12. The van der Waals surface area contributed by atoms with Gasteiger partial charge in [0.15, 0.2) is 0 Å². The van der Waals surface area contributed by atoms with Crippen LogP contribution in [0.1, 0.15) is 11.1 Å². The number of rotatable bonds is 0. The maximum absolute atomic E-state index is 4.36. The summed E-state index contributed by atoms with van der Waals surface area (Å²) < 4.78 is 1.07. The summed E-state index contributed by atoms with van der Waals surface area (Å²) in [6, 6.07) is 6.34. The van der Waals surface area contributed by atoms with E-state index in [1.54, 1.807) is 0 Å². The van der Waals surface area contributed by atoms with Crippen molar-refractivity contribution in [2.45, 2.75) is 13.8 Å². The van der Waals surface area contributed by atoms with Crippen molar-refractivity contribution in [2.75, 3.05) is 0 Å². The molecule has 1 heterocycles. The predicted molar refractivity (Wildman–Crippen MR) is 58.9 cm³/mol. The molecule has 0 saturated carbocycles. The molecule has 0 unspecified atom stereocenters. The van der Waals surface area contributed by atoms with E-state index in [0.29, 0.717) is 0 Å². The maximum atomic E-state index is 4.36. The molecular formula is C11H10BrN. The van der Waals surface area contributed by atoms with Gasteiger partial charge in [-0.2, -0.15) is 0 Å². The van der Waals surface area contributed by atoms with E-state index >= 15 is 0 Å². The summed E-state index contributed by atoms with van der Waals surface area (Å²) in [5, 5.41) is 1.22. The topological polar surface area (TPSA) is 12.9 Å². The second-order valence-corrected chi connectivity index (χ2v) is 4.11. The van der Waals surface area contributed by atoms with Crippen LogP contribution in [-0.2, 0) is 0 Å². The first kappa shape index (κ1) is 8.70. The van der Waals surface area contributed by atoms with Gasteiger partial charge >= 0.3 is 0 Å². The van der Waals surface area contributed by atoms with Crippen molar-refractivity contribution in [1.82, 2.24) is 4.98 Å². The number of nitrogens with zero attached hydrogens (tertiary/aromatic N) is 1. The van der Waals surface area contributed by atoms with Crippen LogP contribution >= 0.6 is 15.9 Å². The molecule has 66 valence electrons. The molecule has 2 rings (SSSR count). The molecule has 2 heteroatoms. The summed E-state index contributed by atoms with van der Waals surface area (Å²) in [4.78, 5) is 4.36. The minimum Gasteiger partial charge on any atom is -0.255 e. The van der Waals surface area contributed by atoms with Gasteiger partial charge in [-0.05, 0) is 47.0 Å². The standard InChI is InChI=1S/C11H10BrN/c1-7-3-4-9-8(2)10(12)6-13-11(9)5-7/h3-6H,1-2H3. The van der Waals surface area contributed by atoms with Crippen molar-refractivity contribution >= 4 is 26.8 Å². The number of hydrogen-bond acceptors (Lipinski definition) is 1. The van der Waals surface area contributed by atoms with Gasteiger partial charge in [-0.1, -0.05) is 12.1 Å². The van der Waals surface area contributed by atoms with Gasteiger partial charge < -0.3 is 0 Å². The lowest BCUT2D eigenvalue weighted by Crippen LogP contribution is -1.85. The number of fused-ring (bicyclic) bond motifs is 1. The zero-order chi connectivity index (χ0) is 9.42. The summed E-state index contributed by atoms with van der Waals surface area (Å²) in [6.07, 6.45) is 1.86. The van der Waals surface area contributed by atoms with Crippen LogP contribution in [0.5, 0.6) is 0 Å². The summed E-state index contributed by atoms with van der Waals surface area (Å²) >= 11 is 3.47. The van der Waals surface area contributed by atoms with Crippen LogP contribution in [0, 0.1) is 13.8 Å². The van der Waals surface area contributed by atoms with Gasteiger partial charge in [0.2, 0.25) is 0 Å². The third kappa shape index (κ3) is 1.46. The van der Waals surface area contributed by atoms with Crippen molar-refractivity contribution in [2.24, 2.45) is 0 Å². The monoisotopic (exact) mass is 235 g/mol. The lowest BCUT2D eigenvalue weighted by molar-refractivity contribution is 1.33. The van der Waals surface area contributed by atoms with Gasteiger partial charge in [-0.15, -0.1) is 0 Å². The highest BCUT2D eigenvalue weighted by molar-refractivity contribution is 9.10. The van der Waals surface area contributed by atoms with Crippen LogP contribution in [0.3, 0.4) is 0 Å². The van der Waals surface area contributed by atoms with Gasteiger partial charge in [0.25, 0.3) is 0 Å². The minimum absolute atomic E-state index is 1.07. The number of halogens is 1. The Morgan fingerprint density at radius 1 is 1.23 bits per heavy atom. The first-order valence-electron chi connectivity index (χ1n) is 4.20. The van der Waals surface area contributed by atoms with E-state index in [1.165, 1.54) is 16.5 Å². The van der Waals surface area contributed by atoms with Crippen LogP contribution in [0.2, 0.25) is 0 Å². The SMILES string of the molecule is Cc1ccc2c(C)c(Br)cnc2c1. The fourth-order valence-corrected chi connectivity index (χ4v) is 1.73. The zero-order valence-electron chi connectivity index (χ0n) is 7.63. The van der Waals surface area contributed by atoms with E-state index < -0.39 is 0 Å². The lowest BCUT2D eigenvalue weighted by atomic mass is 10.1. The molecular weight excluding hydrogens is 226 g/mol. The van der Waals surface area contributed by atoms with Gasteiger partial charge in [0, 0.05) is 16.1 Å². The van der Waals surface area contributed by atoms with Crippen LogP contribution in [0.25, 0.3) is 10.9 Å². The Hall–Kier alpha value is -0.890. The zero-order valence-corrected chi connectivity index (χ0v) is 9.22. The summed E-state index contributed by atoms with van der Waals surface area (Å²) in [5.74, 6) is 0. The highest BCUT2D eigenvalue weighted by atomic mass is 79.9. The van der Waals surface area contributed by atoms with Crippen molar-refractivity contribution < 1.29 is 0 Å². The number of aromatic nitrogens is 1. The first-order chi connectivity index (χ1) is 6.18. The van der Waals surface area contributed by atoms with Gasteiger partial charge in [-0.25, -0.2) is 0 Å². The lowest BCUT2D eigenvalue weighted by Gasteiger charge is -2.03. The highest BCUT2D eigenvalue weighted by Gasteiger charge is 2.01. The molecule has 0 spiro atoms. The fraction of sp³-hybridized carbons (Fsp3) is 0.182. The second-order valence-electron chi connectivity index (χ2n) is 3.25. The molecule has 0 fully saturated rings. The predicted octanol–water partition coefficient (Wildman–Crippen LogP) is 3.61. The fourth-order valence-electron chi connectivity index (χ4n) is 1.42. The van der Waals surface area contributed by atoms with E-state index in [4.69, 9.17) is 0 Å². The molecule has 0 aliphatic rings. The average molecular weight is 236 g/mol. The number of pyridine rings is 1. The van der Waals surface area contributed by atoms with Crippen molar-refractivity contribution in [3.05, 3.63) is 40.0 Å². The minimum atomic E-state index is 1.07. The van der Waals surface area contributed by atoms with E-state index in [2.05, 4.69) is 53.0 Å². The molecule has 1 nitrogen and oxygen atoms in total. The quantitative estimate of drug-likeness (QED) is 0.680. The Kier molecular flexibility index (Phi) is 2.08. The summed E-state index contributed by atoms with van der Waals surface area (Å²) in [5.41, 5.74) is 3.58. The first-order valence-corrected chi connectivity index (χ1v) is 4.99. The Bertz CT molecular complexity index is 463. The van der Waals surface area contributed by atoms with Crippen molar-refractivity contribution in [3.63, 3.8) is 0 Å². The molecule has 2 aromatic rings. The molecule has 1 aromatic carbocycles. The molecule has 0 bridgehead atoms. The van der Waals surface area contributed by atoms with Crippen LogP contribution < -0.4 is 0 Å². The molecule has 0 aliphatic carbocycles. The molecule has 0 saturated heterocycles. The van der Waals surface area contributed by atoms with Crippen LogP contribution in [0.4, 0.5) is 0 Å². The van der Waals surface area contributed by atoms with Crippen LogP contribution in [-0.4, -0.2) is 4.98 Å². The van der Waals surface area contributed by atoms with Crippen molar-refractivity contribution in [3.8, 4) is 0 Å². The maximum Gasteiger partial charge on any atom is 0.0708 e. The number of benzene rings is 1. The van der Waals surface area contributed by atoms with Gasteiger partial charge in [-0.3, -0.25) is 4.98 Å². The molecule has 0 radical (unpaired) electrons. The molecule has 0 atom stereocenters. The number of aryl methyl sites for hydroxylation is 2. The molecule has 0 amide bonds. The van der Waals surface area contributed by atoms with Crippen LogP contribution in [0.15, 0.2) is 28.9 Å². The Labute approximate surface area is 85.9 Å². The normalized spacial score (nSPS) is 10.7. The van der Waals surface area contributed by atoms with E-state index in [-0.39, 0.29) is 0 Å². The van der Waals surface area contributed by atoms with Gasteiger partial charge in [0.1, 0.15) is 0 Å². The Balaban J connectivity index is 2.87. The molecule has 0 N–H and O–H groups in total. The molecule has 0 aliphatic heterocycles. The van der Waals surface area contributed by atoms with Gasteiger partial charge in [0.05, 0.1) is 5.52 Å². The second kappa shape index (κ2) is 3.11.